The van der Waals surface area contributed by atoms with E-state index in [0.717, 1.165) is 23.0 Å². The van der Waals surface area contributed by atoms with Gasteiger partial charge in [0.05, 0.1) is 11.5 Å². The molecule has 379 valence electrons. The fourth-order valence-electron chi connectivity index (χ4n) is 6.20. The van der Waals surface area contributed by atoms with E-state index in [-0.39, 0.29) is 62.6 Å². The van der Waals surface area contributed by atoms with E-state index in [1.54, 1.807) is 23.3 Å². The Balaban J connectivity index is -0.000000158. The maximum atomic E-state index is 12.1. The smallest absolute Gasteiger partial charge is 0 e. The van der Waals surface area contributed by atoms with Crippen LogP contribution in [0.4, 0.5) is 0 Å². The van der Waals surface area contributed by atoms with Gasteiger partial charge in [0.2, 0.25) is 0 Å². The third-order valence-corrected chi connectivity index (χ3v) is 15.7. The second-order valence-electron chi connectivity index (χ2n) is 30.2. The molecule has 9 heteroatoms. The molecule has 62 heavy (non-hydrogen) atoms. The van der Waals surface area contributed by atoms with Gasteiger partial charge in [-0.3, -0.25) is 8.42 Å². The number of hydrogen-bond acceptors (Lipinski definition) is 4. The topological polar surface area (TPSA) is 68.3 Å². The molecule has 0 spiro atoms. The van der Waals surface area contributed by atoms with Crippen molar-refractivity contribution < 1.29 is 54.7 Å². The maximum Gasteiger partial charge on any atom is 0 e. The van der Waals surface area contributed by atoms with Gasteiger partial charge in [-0.25, -0.2) is 8.42 Å². The van der Waals surface area contributed by atoms with E-state index in [1.165, 1.54) is 25.7 Å². The molecule has 0 aliphatic rings. The van der Waals surface area contributed by atoms with Gasteiger partial charge in [0.15, 0.2) is 9.84 Å². The fourth-order valence-corrected chi connectivity index (χ4v) is 17.3. The van der Waals surface area contributed by atoms with E-state index >= 15 is 0 Å². The van der Waals surface area contributed by atoms with E-state index in [1.807, 2.05) is 41.5 Å². The van der Waals surface area contributed by atoms with Crippen LogP contribution in [-0.2, 0) is 68.1 Å². The summed E-state index contributed by atoms with van der Waals surface area (Å²) < 4.78 is 48.7. The van der Waals surface area contributed by atoms with Gasteiger partial charge in [-0.15, -0.1) is 0 Å². The van der Waals surface area contributed by atoms with E-state index < -0.39 is 30.2 Å². The van der Waals surface area contributed by atoms with Crippen molar-refractivity contribution in [2.75, 3.05) is 34.5 Å². The molecule has 0 N–H and O–H groups in total. The van der Waals surface area contributed by atoms with Crippen molar-refractivity contribution in [3.05, 3.63) is 6.42 Å². The van der Waals surface area contributed by atoms with E-state index in [9.17, 15) is 16.8 Å². The molecule has 0 aromatic rings. The first-order chi connectivity index (χ1) is 25.7. The Kier molecular flexibility index (Phi) is 34.6. The number of rotatable bonds is 10. The Labute approximate surface area is 419 Å². The van der Waals surface area contributed by atoms with Gasteiger partial charge in [0.1, 0.15) is 0 Å². The Morgan fingerprint density at radius 3 is 0.806 bits per heavy atom. The van der Waals surface area contributed by atoms with Crippen molar-refractivity contribution in [3.63, 3.8) is 0 Å². The predicted molar refractivity (Wildman–Crippen MR) is 284 cm³/mol. The Hall–Kier alpha value is 1.26. The molecule has 0 bridgehead atoms. The van der Waals surface area contributed by atoms with E-state index in [4.69, 9.17) is 0 Å². The van der Waals surface area contributed by atoms with Gasteiger partial charge in [-0.05, 0) is 47.9 Å². The molecule has 0 aliphatic heterocycles. The molecule has 1 radical (unpaired) electrons. The largest absolute Gasteiger partial charge is 0 e. The number of hydrogen-bond donors (Lipinski definition) is 0. The standard InChI is InChI=1S/C11H24OS.C11H23.C11H22.C10H22O2S.C10H22OS.V.W/c1-10(2,3)8-13(7,12)9-11(4,5)6;2*1-10(2,3)8-7-9-11(4,5)6;1-9(2,3)7-13(11,12)8-10(4,5)6;1-9(2,3)7-12(11)8-10(4,5)6;;/h7-9H2,1-6H3;7H,8-9H2,1-6H3;8-9H2,1-6H3;7-8H2,1-6H3;7-8H2,1-6H3;;/q;-1;;;;;. The summed E-state index contributed by atoms with van der Waals surface area (Å²) in [5.74, 6) is 7.48. The first-order valence-electron chi connectivity index (χ1n) is 23.0. The molecule has 0 saturated heterocycles. The van der Waals surface area contributed by atoms with Gasteiger partial charge in [0, 0.05) is 52.4 Å². The van der Waals surface area contributed by atoms with Crippen LogP contribution < -0.4 is 0 Å². The second-order valence-corrected chi connectivity index (χ2v) is 38.3. The van der Waals surface area contributed by atoms with Crippen LogP contribution in [-0.4, -0.2) is 61.1 Å². The van der Waals surface area contributed by atoms with Crippen LogP contribution in [0.25, 0.3) is 0 Å². The summed E-state index contributed by atoms with van der Waals surface area (Å²) in [5, 5.41) is 0. The van der Waals surface area contributed by atoms with Gasteiger partial charge >= 0.3 is 88.5 Å². The molecule has 0 amide bonds. The normalized spacial score (nSPS) is 13.8. The van der Waals surface area contributed by atoms with Crippen molar-refractivity contribution >= 4 is 39.9 Å². The molecule has 0 aliphatic carbocycles. The summed E-state index contributed by atoms with van der Waals surface area (Å²) in [6.45, 7) is 64.8. The summed E-state index contributed by atoms with van der Waals surface area (Å²) >= 11 is 1.68. The molecule has 0 atom stereocenters. The van der Waals surface area contributed by atoms with Crippen molar-refractivity contribution in [1.82, 2.24) is 0 Å². The average Bonchev–Trinajstić information content (AvgIpc) is 2.71. The Bertz CT molecular complexity index is 1250. The molecule has 0 aromatic heterocycles. The van der Waals surface area contributed by atoms with Gasteiger partial charge in [-0.1, -0.05) is 177 Å². The molecule has 0 aromatic carbocycles. The summed E-state index contributed by atoms with van der Waals surface area (Å²) in [5.41, 5.74) is 2.22. The minimum Gasteiger partial charge on any atom is 0 e. The maximum absolute atomic E-state index is 12.1. The monoisotopic (exact) mass is 1140 g/mol. The first-order valence-corrected chi connectivity index (χ1v) is 29.8. The van der Waals surface area contributed by atoms with Crippen LogP contribution in [0.3, 0.4) is 0 Å². The summed E-state index contributed by atoms with van der Waals surface area (Å²) in [7, 11) is -5.45. The SMILES string of the molecule is C=S(=O)(CC(C)(C)C)CC(C)(C)C.CC(C)(C)CS(=O)(=O)CC(C)(C)C.CC(C)(C)CS(=O)CC(C)(C)C.CC(C)(C)C[CH-]CC(C)(C)C.CC(C)(C)C[C](=[W])CC(C)(C)C.[V]. The summed E-state index contributed by atoms with van der Waals surface area (Å²) in [6, 6.07) is 0. The Morgan fingerprint density at radius 2 is 0.645 bits per heavy atom. The van der Waals surface area contributed by atoms with Gasteiger partial charge in [0.25, 0.3) is 0 Å². The molecule has 0 fully saturated rings. The first kappa shape index (κ1) is 74.8. The van der Waals surface area contributed by atoms with Gasteiger partial charge < -0.3 is 6.42 Å². The zero-order valence-corrected chi connectivity index (χ0v) is 54.3. The van der Waals surface area contributed by atoms with Crippen molar-refractivity contribution in [3.8, 4) is 0 Å². The third kappa shape index (κ3) is 78.4. The van der Waals surface area contributed by atoms with Crippen LogP contribution in [0.2, 0.25) is 0 Å². The molecular formula is C53H113O4S3VW-. The van der Waals surface area contributed by atoms with Crippen LogP contribution in [0.1, 0.15) is 233 Å². The second kappa shape index (κ2) is 28.7. The summed E-state index contributed by atoms with van der Waals surface area (Å²) in [6.07, 6.45) is 7.45. The van der Waals surface area contributed by atoms with E-state index in [2.05, 4.69) is 178 Å². The average molecular weight is 1150 g/mol. The quantitative estimate of drug-likeness (QED) is 0.161. The predicted octanol–water partition coefficient (Wildman–Crippen LogP) is 15.8. The summed E-state index contributed by atoms with van der Waals surface area (Å²) in [4.78, 5) is 0. The Morgan fingerprint density at radius 1 is 0.419 bits per heavy atom. The van der Waals surface area contributed by atoms with Gasteiger partial charge in [-0.2, -0.15) is 12.8 Å². The third-order valence-electron chi connectivity index (χ3n) is 6.85. The van der Waals surface area contributed by atoms with Crippen molar-refractivity contribution in [2.45, 2.75) is 233 Å². The minimum absolute atomic E-state index is 0. The molecular weight excluding hydrogens is 1030 g/mol. The zero-order chi connectivity index (χ0) is 50.9. The minimum atomic E-state index is -2.90. The van der Waals surface area contributed by atoms with Crippen LogP contribution in [0.5, 0.6) is 0 Å². The fraction of sp³-hybridized carbons (Fsp3) is 0.943. The molecule has 0 heterocycles. The molecule has 0 unspecified atom stereocenters. The van der Waals surface area contributed by atoms with E-state index in [0.29, 0.717) is 21.7 Å². The van der Waals surface area contributed by atoms with Crippen LogP contribution in [0, 0.1) is 60.6 Å². The van der Waals surface area contributed by atoms with Crippen molar-refractivity contribution in [1.29, 1.82) is 0 Å². The van der Waals surface area contributed by atoms with Crippen LogP contribution >= 0.6 is 0 Å². The molecule has 0 rings (SSSR count). The number of sulfone groups is 1. The molecule has 4 nitrogen and oxygen atoms in total. The molecule has 0 saturated carbocycles. The van der Waals surface area contributed by atoms with Crippen LogP contribution in [0.15, 0.2) is 0 Å². The van der Waals surface area contributed by atoms with Crippen molar-refractivity contribution in [2.24, 2.45) is 54.1 Å². The zero-order valence-electron chi connectivity index (χ0n) is 47.6.